The highest BCUT2D eigenvalue weighted by molar-refractivity contribution is 5.76. The number of rotatable bonds is 3. The van der Waals surface area contributed by atoms with Crippen molar-refractivity contribution in [3.63, 3.8) is 0 Å². The smallest absolute Gasteiger partial charge is 0.219 e. The summed E-state index contributed by atoms with van der Waals surface area (Å²) in [6.07, 6.45) is 2.86. The van der Waals surface area contributed by atoms with Gasteiger partial charge in [-0.05, 0) is 48.3 Å². The quantitative estimate of drug-likeness (QED) is 0.760. The number of hydrogen-bond acceptors (Lipinski definition) is 3. The Morgan fingerprint density at radius 2 is 1.64 bits per heavy atom. The second-order valence-electron chi connectivity index (χ2n) is 9.66. The molecule has 4 nitrogen and oxygen atoms in total. The van der Waals surface area contributed by atoms with Crippen molar-refractivity contribution in [2.24, 2.45) is 5.41 Å². The second-order valence-corrected chi connectivity index (χ2v) is 9.66. The molecule has 1 amide bonds. The predicted octanol–water partition coefficient (Wildman–Crippen LogP) is 4.56. The number of carbonyl (C=O) groups excluding carboxylic acids is 2. The first-order chi connectivity index (χ1) is 12.9. The molecule has 0 N–H and O–H groups in total. The van der Waals surface area contributed by atoms with E-state index in [0.29, 0.717) is 6.42 Å². The van der Waals surface area contributed by atoms with Crippen LogP contribution in [0.15, 0.2) is 18.2 Å². The summed E-state index contributed by atoms with van der Waals surface area (Å²) in [6.45, 7) is 14.5. The standard InChI is InChI=1S/C16H21FN2O.C7H14O/c1-12(20)18-7-9-19(10-8-18)13-3-4-14(15(17)11-13)16(2)5-6-16;1-6(8)5-7(2,3)4/h3-4,11H,5-10H2,1-2H3;5H2,1-4H3. The topological polar surface area (TPSA) is 40.6 Å². The highest BCUT2D eigenvalue weighted by Gasteiger charge is 2.41. The minimum absolute atomic E-state index is 0.0654. The first kappa shape index (κ1) is 22.4. The maximum Gasteiger partial charge on any atom is 0.219 e. The summed E-state index contributed by atoms with van der Waals surface area (Å²) < 4.78 is 14.3. The van der Waals surface area contributed by atoms with E-state index in [1.165, 1.54) is 0 Å². The van der Waals surface area contributed by atoms with Gasteiger partial charge in [0, 0.05) is 45.2 Å². The fourth-order valence-corrected chi connectivity index (χ4v) is 3.67. The Balaban J connectivity index is 0.000000300. The molecule has 2 aliphatic rings. The maximum absolute atomic E-state index is 14.3. The van der Waals surface area contributed by atoms with Crippen molar-refractivity contribution >= 4 is 17.4 Å². The number of anilines is 1. The van der Waals surface area contributed by atoms with Gasteiger partial charge in [-0.15, -0.1) is 0 Å². The van der Waals surface area contributed by atoms with E-state index in [9.17, 15) is 14.0 Å². The van der Waals surface area contributed by atoms with Gasteiger partial charge >= 0.3 is 0 Å². The Morgan fingerprint density at radius 1 is 1.07 bits per heavy atom. The molecule has 156 valence electrons. The summed E-state index contributed by atoms with van der Waals surface area (Å²) in [5.74, 6) is 0.307. The highest BCUT2D eigenvalue weighted by atomic mass is 19.1. The third-order valence-electron chi connectivity index (χ3n) is 5.47. The van der Waals surface area contributed by atoms with Gasteiger partial charge in [0.1, 0.15) is 11.6 Å². The Kier molecular flexibility index (Phi) is 6.89. The second kappa shape index (κ2) is 8.62. The van der Waals surface area contributed by atoms with E-state index in [0.717, 1.165) is 50.3 Å². The number of carbonyl (C=O) groups is 2. The summed E-state index contributed by atoms with van der Waals surface area (Å²) in [6, 6.07) is 5.61. The van der Waals surface area contributed by atoms with Gasteiger partial charge in [0.2, 0.25) is 5.91 Å². The van der Waals surface area contributed by atoms with Crippen LogP contribution in [0.5, 0.6) is 0 Å². The molecule has 1 saturated carbocycles. The first-order valence-electron chi connectivity index (χ1n) is 10.2. The van der Waals surface area contributed by atoms with Crippen molar-refractivity contribution in [3.05, 3.63) is 29.6 Å². The van der Waals surface area contributed by atoms with Gasteiger partial charge in [-0.1, -0.05) is 33.8 Å². The van der Waals surface area contributed by atoms with E-state index in [4.69, 9.17) is 0 Å². The van der Waals surface area contributed by atoms with Gasteiger partial charge in [-0.3, -0.25) is 4.79 Å². The summed E-state index contributed by atoms with van der Waals surface area (Å²) in [4.78, 5) is 25.8. The lowest BCUT2D eigenvalue weighted by Gasteiger charge is -2.35. The van der Waals surface area contributed by atoms with E-state index in [2.05, 4.69) is 32.6 Å². The van der Waals surface area contributed by atoms with Gasteiger partial charge in [0.05, 0.1) is 0 Å². The van der Waals surface area contributed by atoms with Gasteiger partial charge in [-0.2, -0.15) is 0 Å². The number of hydrogen-bond donors (Lipinski definition) is 0. The number of benzene rings is 1. The van der Waals surface area contributed by atoms with Crippen LogP contribution in [0.1, 0.15) is 66.4 Å². The van der Waals surface area contributed by atoms with Crippen LogP contribution in [-0.4, -0.2) is 42.8 Å². The van der Waals surface area contributed by atoms with Crippen LogP contribution >= 0.6 is 0 Å². The average molecular weight is 391 g/mol. The van der Waals surface area contributed by atoms with Crippen molar-refractivity contribution in [1.82, 2.24) is 4.90 Å². The van der Waals surface area contributed by atoms with E-state index < -0.39 is 0 Å². The zero-order valence-corrected chi connectivity index (χ0v) is 18.3. The predicted molar refractivity (Wildman–Crippen MR) is 112 cm³/mol. The molecule has 0 spiro atoms. The number of nitrogens with zero attached hydrogens (tertiary/aromatic N) is 2. The Bertz CT molecular complexity index is 712. The molecule has 0 unspecified atom stereocenters. The van der Waals surface area contributed by atoms with E-state index in [-0.39, 0.29) is 28.3 Å². The maximum atomic E-state index is 14.3. The Morgan fingerprint density at radius 3 is 2.00 bits per heavy atom. The lowest BCUT2D eigenvalue weighted by Crippen LogP contribution is -2.48. The normalized spacial score (nSPS) is 18.2. The monoisotopic (exact) mass is 390 g/mol. The first-order valence-corrected chi connectivity index (χ1v) is 10.2. The number of piperazine rings is 1. The van der Waals surface area contributed by atoms with Crippen LogP contribution in [-0.2, 0) is 15.0 Å². The van der Waals surface area contributed by atoms with Crippen LogP contribution in [0, 0.1) is 11.2 Å². The van der Waals surface area contributed by atoms with E-state index in [1.807, 2.05) is 17.0 Å². The Hall–Kier alpha value is -1.91. The molecule has 1 aliphatic heterocycles. The minimum atomic E-state index is -0.0866. The van der Waals surface area contributed by atoms with Crippen LogP contribution in [0.25, 0.3) is 0 Å². The fraction of sp³-hybridized carbons (Fsp3) is 0.652. The molecule has 0 atom stereocenters. The number of halogens is 1. The molecule has 0 radical (unpaired) electrons. The molecule has 5 heteroatoms. The molecule has 28 heavy (non-hydrogen) atoms. The van der Waals surface area contributed by atoms with Gasteiger partial charge < -0.3 is 14.6 Å². The number of ketones is 1. The van der Waals surface area contributed by atoms with Crippen molar-refractivity contribution in [2.45, 2.75) is 66.2 Å². The average Bonchev–Trinajstić information content (AvgIpc) is 3.31. The summed E-state index contributed by atoms with van der Waals surface area (Å²) >= 11 is 0. The van der Waals surface area contributed by atoms with Gasteiger partial charge in [0.25, 0.3) is 0 Å². The molecular formula is C23H35FN2O2. The van der Waals surface area contributed by atoms with E-state index >= 15 is 0 Å². The molecule has 3 rings (SSSR count). The molecule has 1 saturated heterocycles. The van der Waals surface area contributed by atoms with Crippen LogP contribution in [0.3, 0.4) is 0 Å². The SMILES string of the molecule is CC(=O)CC(C)(C)C.CC(=O)N1CCN(c2ccc(C3(C)CC3)c(F)c2)CC1. The lowest BCUT2D eigenvalue weighted by atomic mass is 9.91. The third kappa shape index (κ3) is 6.32. The van der Waals surface area contributed by atoms with Crippen molar-refractivity contribution in [1.29, 1.82) is 0 Å². The zero-order valence-electron chi connectivity index (χ0n) is 18.3. The molecule has 1 aromatic rings. The van der Waals surface area contributed by atoms with Crippen molar-refractivity contribution in [2.75, 3.05) is 31.1 Å². The molecule has 2 fully saturated rings. The summed E-state index contributed by atoms with van der Waals surface area (Å²) in [5.41, 5.74) is 2.02. The largest absolute Gasteiger partial charge is 0.368 e. The third-order valence-corrected chi connectivity index (χ3v) is 5.47. The van der Waals surface area contributed by atoms with Crippen LogP contribution in [0.2, 0.25) is 0 Å². The van der Waals surface area contributed by atoms with Crippen LogP contribution in [0.4, 0.5) is 10.1 Å². The lowest BCUT2D eigenvalue weighted by molar-refractivity contribution is -0.129. The zero-order chi connectivity index (χ0) is 21.1. The van der Waals surface area contributed by atoms with Crippen LogP contribution < -0.4 is 4.90 Å². The molecule has 0 bridgehead atoms. The van der Waals surface area contributed by atoms with Gasteiger partial charge in [-0.25, -0.2) is 4.39 Å². The molecular weight excluding hydrogens is 355 g/mol. The molecule has 1 aliphatic carbocycles. The molecule has 0 aromatic heterocycles. The van der Waals surface area contributed by atoms with Gasteiger partial charge in [0.15, 0.2) is 0 Å². The van der Waals surface area contributed by atoms with E-state index in [1.54, 1.807) is 19.9 Å². The van der Waals surface area contributed by atoms with Crippen molar-refractivity contribution in [3.8, 4) is 0 Å². The summed E-state index contributed by atoms with van der Waals surface area (Å²) in [5, 5.41) is 0. The minimum Gasteiger partial charge on any atom is -0.368 e. The summed E-state index contributed by atoms with van der Waals surface area (Å²) in [7, 11) is 0. The highest BCUT2D eigenvalue weighted by Crippen LogP contribution is 2.48. The fourth-order valence-electron chi connectivity index (χ4n) is 3.67. The van der Waals surface area contributed by atoms with Crippen molar-refractivity contribution < 1.29 is 14.0 Å². The molecule has 1 heterocycles. The molecule has 1 aromatic carbocycles. The number of Topliss-reactive ketones (excluding diaryl/α,β-unsaturated/α-hetero) is 1. The number of amides is 1. The Labute approximate surface area is 169 Å².